The molecule has 174 valence electrons. The van der Waals surface area contributed by atoms with Gasteiger partial charge in [-0.15, -0.1) is 10.2 Å². The predicted molar refractivity (Wildman–Crippen MR) is 135 cm³/mol. The molecule has 0 saturated carbocycles. The van der Waals surface area contributed by atoms with Gasteiger partial charge in [0.15, 0.2) is 0 Å². The zero-order valence-corrected chi connectivity index (χ0v) is 20.2. The number of anilines is 1. The van der Waals surface area contributed by atoms with E-state index in [1.165, 1.54) is 6.21 Å². The molecule has 4 rings (SSSR count). The molecule has 2 amide bonds. The van der Waals surface area contributed by atoms with Gasteiger partial charge in [0.2, 0.25) is 5.13 Å². The van der Waals surface area contributed by atoms with E-state index in [0.29, 0.717) is 21.9 Å². The fourth-order valence-electron chi connectivity index (χ4n) is 2.72. The van der Waals surface area contributed by atoms with Gasteiger partial charge in [-0.1, -0.05) is 57.6 Å². The summed E-state index contributed by atoms with van der Waals surface area (Å²) in [5.74, 6) is -2.01. The number of halogens is 1. The highest BCUT2D eigenvalue weighted by atomic mass is 79.9. The minimum absolute atomic E-state index is 0.196. The van der Waals surface area contributed by atoms with Crippen molar-refractivity contribution in [3.05, 3.63) is 94.5 Å². The summed E-state index contributed by atoms with van der Waals surface area (Å²) in [4.78, 5) is 36.2. The van der Waals surface area contributed by atoms with Crippen molar-refractivity contribution in [1.29, 1.82) is 0 Å². The van der Waals surface area contributed by atoms with Crippen LogP contribution in [-0.2, 0) is 9.59 Å². The van der Waals surface area contributed by atoms with Crippen LogP contribution in [0, 0.1) is 0 Å². The topological polar surface area (TPSA) is 123 Å². The molecule has 2 N–H and O–H groups in total. The van der Waals surface area contributed by atoms with E-state index < -0.39 is 17.8 Å². The second-order valence-corrected chi connectivity index (χ2v) is 8.79. The Morgan fingerprint density at radius 3 is 2.31 bits per heavy atom. The first-order valence-electron chi connectivity index (χ1n) is 10.1. The van der Waals surface area contributed by atoms with Crippen molar-refractivity contribution in [1.82, 2.24) is 15.6 Å². The van der Waals surface area contributed by atoms with E-state index in [9.17, 15) is 14.4 Å². The van der Waals surface area contributed by atoms with Gasteiger partial charge in [-0.05, 0) is 54.1 Å². The first kappa shape index (κ1) is 23.9. The van der Waals surface area contributed by atoms with E-state index in [-0.39, 0.29) is 5.13 Å². The van der Waals surface area contributed by atoms with Gasteiger partial charge in [-0.25, -0.2) is 10.2 Å². The number of hydrogen-bond acceptors (Lipinski definition) is 8. The van der Waals surface area contributed by atoms with Gasteiger partial charge in [0, 0.05) is 10.0 Å². The van der Waals surface area contributed by atoms with Gasteiger partial charge >= 0.3 is 17.8 Å². The fourth-order valence-corrected chi connectivity index (χ4v) is 3.72. The van der Waals surface area contributed by atoms with Gasteiger partial charge in [0.25, 0.3) is 0 Å². The lowest BCUT2D eigenvalue weighted by molar-refractivity contribution is -0.136. The van der Waals surface area contributed by atoms with Crippen LogP contribution < -0.4 is 15.5 Å². The zero-order valence-electron chi connectivity index (χ0n) is 17.8. The molecule has 0 aliphatic carbocycles. The largest absolute Gasteiger partial charge is 0.423 e. The van der Waals surface area contributed by atoms with Crippen LogP contribution in [0.25, 0.3) is 10.6 Å². The van der Waals surface area contributed by atoms with Crippen molar-refractivity contribution in [2.75, 3.05) is 5.32 Å². The van der Waals surface area contributed by atoms with E-state index in [1.807, 2.05) is 30.3 Å². The van der Waals surface area contributed by atoms with E-state index in [4.69, 9.17) is 4.74 Å². The highest BCUT2D eigenvalue weighted by Gasteiger charge is 2.16. The van der Waals surface area contributed by atoms with Crippen molar-refractivity contribution < 1.29 is 19.1 Å². The van der Waals surface area contributed by atoms with Gasteiger partial charge in [-0.2, -0.15) is 5.10 Å². The van der Waals surface area contributed by atoms with Crippen LogP contribution in [0.4, 0.5) is 5.13 Å². The number of ether oxygens (including phenoxy) is 1. The molecule has 0 bridgehead atoms. The van der Waals surface area contributed by atoms with Crippen LogP contribution >= 0.6 is 27.3 Å². The normalized spacial score (nSPS) is 10.7. The Morgan fingerprint density at radius 1 is 0.886 bits per heavy atom. The minimum atomic E-state index is -0.960. The number of nitrogens with zero attached hydrogens (tertiary/aromatic N) is 3. The fraction of sp³-hybridized carbons (Fsp3) is 0. The van der Waals surface area contributed by atoms with Crippen LogP contribution in [0.1, 0.15) is 15.9 Å². The lowest BCUT2D eigenvalue weighted by Gasteiger charge is -2.04. The lowest BCUT2D eigenvalue weighted by atomic mass is 10.2. The first-order chi connectivity index (χ1) is 17.0. The number of hydrogen-bond donors (Lipinski definition) is 2. The maximum absolute atomic E-state index is 12.2. The second kappa shape index (κ2) is 11.3. The third kappa shape index (κ3) is 6.65. The number of amides is 2. The van der Waals surface area contributed by atoms with E-state index in [2.05, 4.69) is 42.0 Å². The molecule has 0 aliphatic heterocycles. The van der Waals surface area contributed by atoms with Crippen LogP contribution in [0.5, 0.6) is 5.75 Å². The number of nitrogens with one attached hydrogen (secondary N) is 2. The average molecular weight is 550 g/mol. The second-order valence-electron chi connectivity index (χ2n) is 6.90. The number of rotatable bonds is 6. The summed E-state index contributed by atoms with van der Waals surface area (Å²) in [7, 11) is 0. The Bertz CT molecular complexity index is 1370. The monoisotopic (exact) mass is 549 g/mol. The molecule has 0 saturated heterocycles. The van der Waals surface area contributed by atoms with Crippen molar-refractivity contribution in [3.63, 3.8) is 0 Å². The summed E-state index contributed by atoms with van der Waals surface area (Å²) >= 11 is 4.46. The Hall–Kier alpha value is -4.22. The van der Waals surface area contributed by atoms with Gasteiger partial charge in [0.1, 0.15) is 10.8 Å². The Labute approximate surface area is 212 Å². The van der Waals surface area contributed by atoms with Crippen LogP contribution in [0.15, 0.2) is 88.4 Å². The molecule has 3 aromatic carbocycles. The third-order valence-corrected chi connectivity index (χ3v) is 5.84. The van der Waals surface area contributed by atoms with E-state index >= 15 is 0 Å². The van der Waals surface area contributed by atoms with Gasteiger partial charge < -0.3 is 4.74 Å². The average Bonchev–Trinajstić information content (AvgIpc) is 3.34. The Kier molecular flexibility index (Phi) is 7.70. The number of benzene rings is 3. The number of hydrazone groups is 1. The molecule has 1 heterocycles. The number of esters is 1. The Morgan fingerprint density at radius 2 is 1.60 bits per heavy atom. The number of carbonyl (C=O) groups excluding carboxylic acids is 3. The molecule has 35 heavy (non-hydrogen) atoms. The summed E-state index contributed by atoms with van der Waals surface area (Å²) in [5, 5.41) is 14.9. The SMILES string of the molecule is O=C(N/N=C\c1ccc(OC(=O)c2ccc(Br)cc2)cc1)C(=O)Nc1nnc(-c2ccccc2)s1. The molecule has 4 aromatic rings. The van der Waals surface area contributed by atoms with Crippen LogP contribution in [-0.4, -0.2) is 34.2 Å². The standard InChI is InChI=1S/C24H16BrN5O4S/c25-18-10-8-17(9-11-18)23(33)34-19-12-6-15(7-13-19)14-26-28-21(32)20(31)27-24-30-29-22(35-24)16-4-2-1-3-5-16/h1-14H,(H,28,32)(H,27,30,31)/b26-14-. The summed E-state index contributed by atoms with van der Waals surface area (Å²) < 4.78 is 6.19. The maximum Gasteiger partial charge on any atom is 0.343 e. The molecule has 0 fully saturated rings. The number of aromatic nitrogens is 2. The molecule has 1 aromatic heterocycles. The first-order valence-corrected chi connectivity index (χ1v) is 11.7. The van der Waals surface area contributed by atoms with Gasteiger partial charge in [0.05, 0.1) is 11.8 Å². The van der Waals surface area contributed by atoms with Crippen LogP contribution in [0.3, 0.4) is 0 Å². The van der Waals surface area contributed by atoms with Crippen molar-refractivity contribution in [2.45, 2.75) is 0 Å². The lowest BCUT2D eigenvalue weighted by Crippen LogP contribution is -2.32. The van der Waals surface area contributed by atoms with E-state index in [1.54, 1.807) is 48.5 Å². The molecule has 0 atom stereocenters. The third-order valence-electron chi connectivity index (χ3n) is 4.42. The molecular weight excluding hydrogens is 534 g/mol. The molecular formula is C24H16BrN5O4S. The summed E-state index contributed by atoms with van der Waals surface area (Å²) in [5.41, 5.74) is 4.04. The molecule has 0 unspecified atom stereocenters. The Balaban J connectivity index is 1.26. The summed E-state index contributed by atoms with van der Waals surface area (Å²) in [6.45, 7) is 0. The summed E-state index contributed by atoms with van der Waals surface area (Å²) in [6.07, 6.45) is 1.35. The molecule has 9 nitrogen and oxygen atoms in total. The van der Waals surface area contributed by atoms with Crippen LogP contribution in [0.2, 0.25) is 0 Å². The summed E-state index contributed by atoms with van der Waals surface area (Å²) in [6, 6.07) is 22.6. The van der Waals surface area contributed by atoms with E-state index in [0.717, 1.165) is 21.4 Å². The minimum Gasteiger partial charge on any atom is -0.423 e. The highest BCUT2D eigenvalue weighted by Crippen LogP contribution is 2.25. The zero-order chi connectivity index (χ0) is 24.6. The molecule has 0 spiro atoms. The van der Waals surface area contributed by atoms with Crippen molar-refractivity contribution in [2.24, 2.45) is 5.10 Å². The van der Waals surface area contributed by atoms with Crippen molar-refractivity contribution >= 4 is 56.4 Å². The predicted octanol–water partition coefficient (Wildman–Crippen LogP) is 4.28. The quantitative estimate of drug-likeness (QED) is 0.122. The maximum atomic E-state index is 12.2. The molecule has 11 heteroatoms. The highest BCUT2D eigenvalue weighted by molar-refractivity contribution is 9.10. The molecule has 0 aliphatic rings. The van der Waals surface area contributed by atoms with Gasteiger partial charge in [-0.3, -0.25) is 14.9 Å². The van der Waals surface area contributed by atoms with Crippen molar-refractivity contribution in [3.8, 4) is 16.3 Å². The number of carbonyl (C=O) groups is 3. The molecule has 0 radical (unpaired) electrons. The smallest absolute Gasteiger partial charge is 0.343 e.